The van der Waals surface area contributed by atoms with Gasteiger partial charge in [-0.1, -0.05) is 92.7 Å². The lowest BCUT2D eigenvalue weighted by Gasteiger charge is -2.23. The third-order valence-corrected chi connectivity index (χ3v) is 9.15. The molecule has 1 aliphatic rings. The van der Waals surface area contributed by atoms with E-state index in [2.05, 4.69) is 143 Å². The van der Waals surface area contributed by atoms with Crippen LogP contribution >= 0.6 is 0 Å². The Morgan fingerprint density at radius 2 is 1.10 bits per heavy atom. The number of aromatic nitrogens is 3. The van der Waals surface area contributed by atoms with Gasteiger partial charge >= 0.3 is 0 Å². The molecule has 0 aliphatic heterocycles. The van der Waals surface area contributed by atoms with Crippen LogP contribution in [0.3, 0.4) is 0 Å². The first-order chi connectivity index (χ1) is 20.2. The predicted octanol–water partition coefficient (Wildman–Crippen LogP) is 9.58. The molecule has 194 valence electrons. The number of fused-ring (bicyclic) bond motifs is 12. The Balaban J connectivity index is 1.68. The zero-order valence-corrected chi connectivity index (χ0v) is 23.0. The average Bonchev–Trinajstić information content (AvgIpc) is 3.62. The molecule has 3 nitrogen and oxygen atoms in total. The van der Waals surface area contributed by atoms with Crippen molar-refractivity contribution in [1.29, 1.82) is 0 Å². The van der Waals surface area contributed by atoms with Gasteiger partial charge in [-0.05, 0) is 53.1 Å². The summed E-state index contributed by atoms with van der Waals surface area (Å²) in [4.78, 5) is 4.36. The Kier molecular flexibility index (Phi) is 4.39. The van der Waals surface area contributed by atoms with Crippen LogP contribution in [-0.4, -0.2) is 14.1 Å². The van der Waals surface area contributed by atoms with Gasteiger partial charge in [0.05, 0.1) is 22.1 Å². The second-order valence-electron chi connectivity index (χ2n) is 11.6. The van der Waals surface area contributed by atoms with Gasteiger partial charge in [-0.15, -0.1) is 0 Å². The molecule has 1 aliphatic carbocycles. The number of pyridine rings is 1. The molecule has 0 saturated carbocycles. The van der Waals surface area contributed by atoms with Crippen LogP contribution in [0.15, 0.2) is 128 Å². The second kappa shape index (κ2) is 7.96. The molecule has 8 aromatic rings. The smallest absolute Gasteiger partial charge is 0.0644 e. The van der Waals surface area contributed by atoms with E-state index in [9.17, 15) is 0 Å². The first kappa shape index (κ1) is 22.6. The van der Waals surface area contributed by atoms with Gasteiger partial charge in [0, 0.05) is 56.3 Å². The van der Waals surface area contributed by atoms with Crippen molar-refractivity contribution in [3.05, 3.63) is 139 Å². The number of benzene rings is 5. The Bertz CT molecular complexity index is 2320. The lowest BCUT2D eigenvalue weighted by atomic mass is 9.80. The van der Waals surface area contributed by atoms with Gasteiger partial charge in [0.2, 0.25) is 0 Å². The summed E-state index contributed by atoms with van der Waals surface area (Å²) in [7, 11) is 0. The van der Waals surface area contributed by atoms with Crippen LogP contribution in [0.4, 0.5) is 0 Å². The van der Waals surface area contributed by atoms with Crippen molar-refractivity contribution in [2.24, 2.45) is 0 Å². The van der Waals surface area contributed by atoms with Crippen molar-refractivity contribution >= 4 is 43.6 Å². The minimum absolute atomic E-state index is 0.177. The van der Waals surface area contributed by atoms with Crippen molar-refractivity contribution < 1.29 is 0 Å². The van der Waals surface area contributed by atoms with E-state index < -0.39 is 0 Å². The van der Waals surface area contributed by atoms with Gasteiger partial charge in [-0.25, -0.2) is 0 Å². The number of para-hydroxylation sites is 3. The van der Waals surface area contributed by atoms with Crippen molar-refractivity contribution in [2.75, 3.05) is 0 Å². The van der Waals surface area contributed by atoms with Crippen molar-refractivity contribution in [2.45, 2.75) is 19.3 Å². The highest BCUT2D eigenvalue weighted by molar-refractivity contribution is 6.31. The third-order valence-electron chi connectivity index (χ3n) is 9.15. The zero-order chi connectivity index (χ0) is 27.3. The molecular weight excluding hydrogens is 498 g/mol. The van der Waals surface area contributed by atoms with Gasteiger partial charge < -0.3 is 9.13 Å². The van der Waals surface area contributed by atoms with Gasteiger partial charge in [-0.3, -0.25) is 4.98 Å². The monoisotopic (exact) mass is 525 g/mol. The normalized spacial score (nSPS) is 13.8. The van der Waals surface area contributed by atoms with Crippen LogP contribution < -0.4 is 0 Å². The summed E-state index contributed by atoms with van der Waals surface area (Å²) in [6.45, 7) is 4.80. The van der Waals surface area contributed by atoms with E-state index in [-0.39, 0.29) is 5.41 Å². The molecule has 0 atom stereocenters. The van der Waals surface area contributed by atoms with Crippen LogP contribution in [0.1, 0.15) is 25.0 Å². The molecular formula is C38H27N3. The van der Waals surface area contributed by atoms with E-state index in [0.29, 0.717) is 0 Å². The Hall–Kier alpha value is -5.15. The molecule has 9 rings (SSSR count). The second-order valence-corrected chi connectivity index (χ2v) is 11.6. The highest BCUT2D eigenvalue weighted by Crippen LogP contribution is 2.58. The van der Waals surface area contributed by atoms with Crippen LogP contribution in [0.2, 0.25) is 0 Å². The molecule has 0 bridgehead atoms. The molecule has 0 unspecified atom stereocenters. The van der Waals surface area contributed by atoms with Gasteiger partial charge in [0.15, 0.2) is 0 Å². The summed E-state index contributed by atoms with van der Waals surface area (Å²) in [6.07, 6.45) is 3.79. The Labute approximate surface area is 237 Å². The van der Waals surface area contributed by atoms with E-state index in [4.69, 9.17) is 0 Å². The number of rotatable bonds is 2. The van der Waals surface area contributed by atoms with Gasteiger partial charge in [-0.2, -0.15) is 0 Å². The van der Waals surface area contributed by atoms with Crippen molar-refractivity contribution in [3.63, 3.8) is 0 Å². The first-order valence-electron chi connectivity index (χ1n) is 14.2. The van der Waals surface area contributed by atoms with Crippen LogP contribution in [0.25, 0.3) is 66.1 Å². The van der Waals surface area contributed by atoms with Crippen molar-refractivity contribution in [3.8, 4) is 22.5 Å². The molecule has 0 radical (unpaired) electrons. The van der Waals surface area contributed by atoms with Gasteiger partial charge in [0.25, 0.3) is 0 Å². The van der Waals surface area contributed by atoms with E-state index in [1.54, 1.807) is 0 Å². The summed E-state index contributed by atoms with van der Waals surface area (Å²) in [5.41, 5.74) is 12.6. The topological polar surface area (TPSA) is 22.8 Å². The van der Waals surface area contributed by atoms with Crippen LogP contribution in [-0.2, 0) is 5.41 Å². The minimum atomic E-state index is -0.177. The summed E-state index contributed by atoms with van der Waals surface area (Å²) >= 11 is 0. The van der Waals surface area contributed by atoms with E-state index in [1.807, 2.05) is 12.4 Å². The molecule has 0 N–H and O–H groups in total. The average molecular weight is 526 g/mol. The Morgan fingerprint density at radius 1 is 0.537 bits per heavy atom. The quantitative estimate of drug-likeness (QED) is 0.220. The maximum absolute atomic E-state index is 4.36. The molecule has 41 heavy (non-hydrogen) atoms. The summed E-state index contributed by atoms with van der Waals surface area (Å²) < 4.78 is 4.96. The van der Waals surface area contributed by atoms with E-state index >= 15 is 0 Å². The highest BCUT2D eigenvalue weighted by atomic mass is 15.0. The maximum Gasteiger partial charge on any atom is 0.0644 e. The highest BCUT2D eigenvalue weighted by Gasteiger charge is 2.41. The SMILES string of the molecule is CC1(C)c2ccccc2-c2c1c1c3ccccc3n(-c3ccccc3)c1c1c3ccccc3n(-c3ccncc3)c21. The molecule has 3 heteroatoms. The standard InChI is InChI=1S/C38H27N3/c1-38(2)29-17-9-6-14-26(29)32-35(38)33-27-15-7-10-18-30(27)40(24-12-4-3-5-13-24)37(33)34-28-16-8-11-19-31(28)41(36(32)34)25-20-22-39-23-21-25/h3-23H,1-2H3. The fourth-order valence-corrected chi connectivity index (χ4v) is 7.56. The predicted molar refractivity (Wildman–Crippen MR) is 170 cm³/mol. The first-order valence-corrected chi connectivity index (χ1v) is 14.2. The maximum atomic E-state index is 4.36. The number of nitrogens with zero attached hydrogens (tertiary/aromatic N) is 3. The molecule has 0 spiro atoms. The van der Waals surface area contributed by atoms with Crippen molar-refractivity contribution in [1.82, 2.24) is 14.1 Å². The van der Waals surface area contributed by atoms with Gasteiger partial charge in [0.1, 0.15) is 0 Å². The molecule has 0 amide bonds. The third kappa shape index (κ3) is 2.80. The van der Waals surface area contributed by atoms with E-state index in [0.717, 1.165) is 5.69 Å². The fraction of sp³-hybridized carbons (Fsp3) is 0.0789. The summed E-state index contributed by atoms with van der Waals surface area (Å²) in [5.74, 6) is 0. The zero-order valence-electron chi connectivity index (χ0n) is 23.0. The molecule has 0 saturated heterocycles. The molecule has 3 heterocycles. The largest absolute Gasteiger partial charge is 0.309 e. The molecule has 3 aromatic heterocycles. The molecule has 5 aromatic carbocycles. The summed E-state index contributed by atoms with van der Waals surface area (Å²) in [6, 6.07) is 41.9. The minimum Gasteiger partial charge on any atom is -0.309 e. The molecule has 0 fully saturated rings. The summed E-state index contributed by atoms with van der Waals surface area (Å²) in [5, 5.41) is 5.20. The lowest BCUT2D eigenvalue weighted by Crippen LogP contribution is -2.15. The number of hydrogen-bond acceptors (Lipinski definition) is 1. The number of hydrogen-bond donors (Lipinski definition) is 0. The van der Waals surface area contributed by atoms with Crippen LogP contribution in [0, 0.1) is 0 Å². The Morgan fingerprint density at radius 3 is 1.83 bits per heavy atom. The van der Waals surface area contributed by atoms with Crippen LogP contribution in [0.5, 0.6) is 0 Å². The fourth-order valence-electron chi connectivity index (χ4n) is 7.56. The van der Waals surface area contributed by atoms with E-state index in [1.165, 1.54) is 71.6 Å². The lowest BCUT2D eigenvalue weighted by molar-refractivity contribution is 0.667.